The molecule has 11 nitrogen and oxygen atoms in total. The Morgan fingerprint density at radius 3 is 2.49 bits per heavy atom. The van der Waals surface area contributed by atoms with Crippen LogP contribution in [0.3, 0.4) is 0 Å². The van der Waals surface area contributed by atoms with Gasteiger partial charge in [0.1, 0.15) is 17.2 Å². The van der Waals surface area contributed by atoms with Crippen LogP contribution in [0, 0.1) is 29.6 Å². The highest BCUT2D eigenvalue weighted by molar-refractivity contribution is 6.33. The quantitative estimate of drug-likeness (QED) is 0.256. The van der Waals surface area contributed by atoms with Gasteiger partial charge in [0.25, 0.3) is 0 Å². The second kappa shape index (κ2) is 13.5. The average molecular weight is 722 g/mol. The van der Waals surface area contributed by atoms with Crippen molar-refractivity contribution >= 4 is 40.8 Å². The number of carbonyl (C=O) groups excluding carboxylic acids is 3. The number of hydrogen-bond donors (Lipinski definition) is 3. The molecule has 2 saturated carbocycles. The molecule has 2 aromatic carbocycles. The summed E-state index contributed by atoms with van der Waals surface area (Å²) in [6.07, 6.45) is 1.92. The van der Waals surface area contributed by atoms with Gasteiger partial charge in [0.15, 0.2) is 18.4 Å². The van der Waals surface area contributed by atoms with Gasteiger partial charge >= 0.3 is 11.9 Å². The molecule has 1 unspecified atom stereocenters. The minimum atomic E-state index is -1.59. The molecule has 274 valence electrons. The van der Waals surface area contributed by atoms with Crippen LogP contribution in [0.5, 0.6) is 0 Å². The molecule has 1 saturated heterocycles. The summed E-state index contributed by atoms with van der Waals surface area (Å²) in [5.41, 5.74) is -0.623. The molecule has 0 radical (unpaired) electrons. The first-order valence-corrected chi connectivity index (χ1v) is 18.4. The molecule has 51 heavy (non-hydrogen) atoms. The molecule has 12 heteroatoms. The van der Waals surface area contributed by atoms with Crippen LogP contribution in [0.25, 0.3) is 0 Å². The van der Waals surface area contributed by atoms with E-state index in [4.69, 9.17) is 25.9 Å². The molecule has 3 N–H and O–H groups in total. The number of hydrogen-bond acceptors (Lipinski definition) is 10. The summed E-state index contributed by atoms with van der Waals surface area (Å²) >= 11 is 6.47. The summed E-state index contributed by atoms with van der Waals surface area (Å²) in [6.45, 7) is 7.66. The molecule has 2 aromatic rings. The Hall–Kier alpha value is -3.48. The van der Waals surface area contributed by atoms with E-state index in [0.717, 1.165) is 24.9 Å². The number of amides is 1. The molecule has 3 aliphatic carbocycles. The van der Waals surface area contributed by atoms with E-state index in [0.29, 0.717) is 34.8 Å². The van der Waals surface area contributed by atoms with Crippen molar-refractivity contribution in [1.29, 1.82) is 0 Å². The molecule has 0 aromatic heterocycles. The van der Waals surface area contributed by atoms with Crippen LogP contribution in [0.2, 0.25) is 5.02 Å². The van der Waals surface area contributed by atoms with Gasteiger partial charge in [0.2, 0.25) is 5.91 Å². The van der Waals surface area contributed by atoms with E-state index in [1.807, 2.05) is 55.2 Å². The lowest BCUT2D eigenvalue weighted by Gasteiger charge is -2.56. The monoisotopic (exact) mass is 721 g/mol. The largest absolute Gasteiger partial charge is 0.454 e. The number of nitrogens with zero attached hydrogens (tertiary/aromatic N) is 2. The lowest BCUT2D eigenvalue weighted by Crippen LogP contribution is -2.66. The average Bonchev–Trinajstić information content (AvgIpc) is 3.89. The third kappa shape index (κ3) is 6.24. The first-order chi connectivity index (χ1) is 24.2. The Labute approximate surface area is 303 Å². The maximum absolute atomic E-state index is 14.2. The Morgan fingerprint density at radius 2 is 1.80 bits per heavy atom. The fraction of sp³-hybridized carbons (Fsp3) is 0.564. The fourth-order valence-corrected chi connectivity index (χ4v) is 9.36. The fourth-order valence-electron chi connectivity index (χ4n) is 9.06. The highest BCUT2D eigenvalue weighted by Crippen LogP contribution is 2.53. The van der Waals surface area contributed by atoms with Crippen LogP contribution < -0.4 is 15.3 Å². The molecule has 5 aliphatic rings. The molecule has 7 rings (SSSR count). The summed E-state index contributed by atoms with van der Waals surface area (Å²) < 4.78 is 12.1. The number of ether oxygens (including phenoxy) is 2. The van der Waals surface area contributed by atoms with E-state index in [1.54, 1.807) is 25.2 Å². The number of nitrogens with one attached hydrogen (secondary N) is 1. The van der Waals surface area contributed by atoms with E-state index in [-0.39, 0.29) is 36.0 Å². The number of rotatable bonds is 8. The van der Waals surface area contributed by atoms with Crippen LogP contribution in [0.1, 0.15) is 65.4 Å². The van der Waals surface area contributed by atoms with E-state index in [2.05, 4.69) is 12.2 Å². The maximum Gasteiger partial charge on any atom is 0.323 e. The maximum atomic E-state index is 14.2. The zero-order valence-corrected chi connectivity index (χ0v) is 30.5. The normalized spacial score (nSPS) is 34.7. The Morgan fingerprint density at radius 1 is 1.08 bits per heavy atom. The van der Waals surface area contributed by atoms with Gasteiger partial charge in [-0.1, -0.05) is 61.9 Å². The van der Waals surface area contributed by atoms with Gasteiger partial charge in [0, 0.05) is 50.0 Å². The second-order valence-corrected chi connectivity index (χ2v) is 15.8. The Kier molecular flexibility index (Phi) is 9.50. The van der Waals surface area contributed by atoms with Crippen molar-refractivity contribution in [2.75, 3.05) is 23.6 Å². The number of esters is 2. The number of benzene rings is 2. The number of carbonyl (C=O) groups is 3. The van der Waals surface area contributed by atoms with Crippen LogP contribution in [0.15, 0.2) is 60.2 Å². The Balaban J connectivity index is 1.17. The predicted octanol–water partition coefficient (Wildman–Crippen LogP) is 4.87. The summed E-state index contributed by atoms with van der Waals surface area (Å²) in [4.78, 5) is 48.0. The van der Waals surface area contributed by atoms with Crippen LogP contribution in [-0.2, 0) is 34.3 Å². The topological polar surface area (TPSA) is 138 Å². The zero-order chi connectivity index (χ0) is 36.4. The minimum absolute atomic E-state index is 0.0301. The molecule has 0 spiro atoms. The van der Waals surface area contributed by atoms with E-state index < -0.39 is 53.5 Å². The van der Waals surface area contributed by atoms with Gasteiger partial charge in [-0.05, 0) is 74.1 Å². The first-order valence-electron chi connectivity index (χ1n) is 18.1. The molecule has 10 atom stereocenters. The van der Waals surface area contributed by atoms with Crippen molar-refractivity contribution in [3.63, 3.8) is 0 Å². The summed E-state index contributed by atoms with van der Waals surface area (Å²) in [7, 11) is 1.68. The molecule has 2 aliphatic heterocycles. The van der Waals surface area contributed by atoms with Crippen molar-refractivity contribution in [3.05, 3.63) is 70.8 Å². The first kappa shape index (κ1) is 35.9. The number of fused-ring (bicyclic) bond motifs is 4. The zero-order valence-electron chi connectivity index (χ0n) is 29.8. The lowest BCUT2D eigenvalue weighted by atomic mass is 9.55. The predicted molar refractivity (Wildman–Crippen MR) is 190 cm³/mol. The Bertz CT molecular complexity index is 1720. The highest BCUT2D eigenvalue weighted by Gasteiger charge is 2.62. The standard InChI is InChI=1S/C39H48ClN3O8/c1-21-18-29-27(22(2)20-43(35(45)25-15-16-25)26-10-7-6-8-11-26)17-14-23(3)39(29,48)34(33(21)49-24(4)44)50-36(46)31-19-38(47)28-12-9-13-30(40)32(28)42(5)51-37(38)41-31/h6-13,18,22-23,25,27,29,31,33-34,37,41,47-48H,14-17,19-20H2,1-5H3/t22?,23-,27+,29-,31+,33-,34+,37-,38-,39-/m1/s1. The molecular formula is C39H48ClN3O8. The van der Waals surface area contributed by atoms with Gasteiger partial charge in [0.05, 0.1) is 10.7 Å². The number of aliphatic hydroxyl groups is 2. The SMILES string of the molecule is CC(=O)O[C@@H]1C(C)=C[C@@H]2[C@H](C(C)CN(C(=O)C3CC3)c3ccccc3)CC[C@@H](C)[C@]2(O)[C@H]1OC(=O)[C@@H]1C[C@@]2(O)c3cccc(Cl)c3N(C)O[C@H]2N1. The van der Waals surface area contributed by atoms with E-state index >= 15 is 0 Å². The van der Waals surface area contributed by atoms with Crippen LogP contribution in [-0.4, -0.2) is 71.7 Å². The molecular weight excluding hydrogens is 674 g/mol. The van der Waals surface area contributed by atoms with Crippen molar-refractivity contribution < 1.29 is 38.9 Å². The van der Waals surface area contributed by atoms with Gasteiger partial charge in [-0.3, -0.25) is 29.6 Å². The van der Waals surface area contributed by atoms with Gasteiger partial charge in [-0.2, -0.15) is 0 Å². The van der Waals surface area contributed by atoms with Gasteiger partial charge in [-0.25, -0.2) is 0 Å². The third-order valence-electron chi connectivity index (χ3n) is 12.0. The molecule has 2 heterocycles. The molecule has 3 fully saturated rings. The number of anilines is 2. The van der Waals surface area contributed by atoms with E-state index in [1.165, 1.54) is 12.0 Å². The van der Waals surface area contributed by atoms with Crippen molar-refractivity contribution in [2.24, 2.45) is 29.6 Å². The number of halogens is 1. The van der Waals surface area contributed by atoms with Crippen molar-refractivity contribution in [2.45, 2.75) is 95.5 Å². The van der Waals surface area contributed by atoms with Gasteiger partial charge in [-0.15, -0.1) is 0 Å². The summed E-state index contributed by atoms with van der Waals surface area (Å²) in [5.74, 6) is -1.99. The molecule has 1 amide bonds. The second-order valence-electron chi connectivity index (χ2n) is 15.4. The van der Waals surface area contributed by atoms with E-state index in [9.17, 15) is 24.6 Å². The third-order valence-corrected chi connectivity index (χ3v) is 12.3. The summed E-state index contributed by atoms with van der Waals surface area (Å²) in [5, 5.41) is 29.8. The van der Waals surface area contributed by atoms with Gasteiger partial charge < -0.3 is 24.6 Å². The van der Waals surface area contributed by atoms with Crippen LogP contribution >= 0.6 is 11.6 Å². The smallest absolute Gasteiger partial charge is 0.323 e. The lowest BCUT2D eigenvalue weighted by molar-refractivity contribution is -0.225. The summed E-state index contributed by atoms with van der Waals surface area (Å²) in [6, 6.07) is 13.9. The number of para-hydroxylation sites is 2. The molecule has 0 bridgehead atoms. The van der Waals surface area contributed by atoms with Crippen molar-refractivity contribution in [1.82, 2.24) is 5.32 Å². The number of hydroxylamine groups is 1. The highest BCUT2D eigenvalue weighted by atomic mass is 35.5. The minimum Gasteiger partial charge on any atom is -0.454 e. The van der Waals surface area contributed by atoms with Crippen molar-refractivity contribution in [3.8, 4) is 0 Å². The van der Waals surface area contributed by atoms with Crippen LogP contribution in [0.4, 0.5) is 11.4 Å².